The molecule has 0 aliphatic rings. The van der Waals surface area contributed by atoms with Gasteiger partial charge < -0.3 is 14.2 Å². The van der Waals surface area contributed by atoms with E-state index in [1.54, 1.807) is 13.8 Å². The van der Waals surface area contributed by atoms with Gasteiger partial charge in [-0.15, -0.1) is 0 Å². The second-order valence-electron chi connectivity index (χ2n) is 6.06. The summed E-state index contributed by atoms with van der Waals surface area (Å²) in [7, 11) is -1.57. The third-order valence-electron chi connectivity index (χ3n) is 4.17. The number of hydrogen-bond donors (Lipinski definition) is 0. The van der Waals surface area contributed by atoms with Gasteiger partial charge in [0.2, 0.25) is 0 Å². The van der Waals surface area contributed by atoms with E-state index in [0.717, 1.165) is 10.4 Å². The van der Waals surface area contributed by atoms with Crippen LogP contribution in [0.3, 0.4) is 0 Å². The van der Waals surface area contributed by atoms with Crippen LogP contribution in [-0.2, 0) is 19.6 Å². The number of rotatable bonds is 9. The minimum atomic E-state index is -4.32. The summed E-state index contributed by atoms with van der Waals surface area (Å²) in [4.78, 5) is 22.6. The van der Waals surface area contributed by atoms with Gasteiger partial charge in [-0.25, -0.2) is 8.42 Å². The summed E-state index contributed by atoms with van der Waals surface area (Å²) in [5.41, 5.74) is 0.0367. The standard InChI is InChI=1S/C19H22N2O8S/c1-5-29-19(22)12-20(16-11-14(21(23)24)6-8-18(16)28-4)30(25,26)15-7-9-17(27-3)13(2)10-15/h6-11H,5,12H2,1-4H3. The molecule has 0 unspecified atom stereocenters. The van der Waals surface area contributed by atoms with E-state index < -0.39 is 27.5 Å². The van der Waals surface area contributed by atoms with Gasteiger partial charge >= 0.3 is 5.97 Å². The summed E-state index contributed by atoms with van der Waals surface area (Å²) in [6, 6.07) is 7.66. The Morgan fingerprint density at radius 3 is 2.27 bits per heavy atom. The summed E-state index contributed by atoms with van der Waals surface area (Å²) in [5.74, 6) is -0.294. The van der Waals surface area contributed by atoms with Crippen LogP contribution in [0.25, 0.3) is 0 Å². The maximum absolute atomic E-state index is 13.4. The third kappa shape index (κ3) is 4.79. The van der Waals surface area contributed by atoms with Crippen molar-refractivity contribution < 1.29 is 32.3 Å². The topological polar surface area (TPSA) is 125 Å². The van der Waals surface area contributed by atoms with E-state index in [9.17, 15) is 23.3 Å². The molecule has 0 saturated heterocycles. The Morgan fingerprint density at radius 2 is 1.73 bits per heavy atom. The van der Waals surface area contributed by atoms with Crippen LogP contribution in [0.15, 0.2) is 41.3 Å². The van der Waals surface area contributed by atoms with Crippen molar-refractivity contribution in [3.05, 3.63) is 52.1 Å². The number of non-ortho nitro benzene ring substituents is 1. The van der Waals surface area contributed by atoms with Crippen molar-refractivity contribution >= 4 is 27.4 Å². The zero-order valence-corrected chi connectivity index (χ0v) is 17.8. The van der Waals surface area contributed by atoms with Crippen LogP contribution in [0.1, 0.15) is 12.5 Å². The fourth-order valence-electron chi connectivity index (χ4n) is 2.75. The number of sulfonamides is 1. The highest BCUT2D eigenvalue weighted by Gasteiger charge is 2.31. The SMILES string of the molecule is CCOC(=O)CN(c1cc([N+](=O)[O-])ccc1OC)S(=O)(=O)c1ccc(OC)c(C)c1. The molecule has 162 valence electrons. The van der Waals surface area contributed by atoms with E-state index in [2.05, 4.69) is 0 Å². The molecule has 30 heavy (non-hydrogen) atoms. The first-order chi connectivity index (χ1) is 14.1. The monoisotopic (exact) mass is 438 g/mol. The van der Waals surface area contributed by atoms with Crippen LogP contribution in [0.5, 0.6) is 11.5 Å². The summed E-state index contributed by atoms with van der Waals surface area (Å²) in [6.07, 6.45) is 0. The fourth-order valence-corrected chi connectivity index (χ4v) is 4.25. The van der Waals surface area contributed by atoms with Crippen molar-refractivity contribution in [1.82, 2.24) is 0 Å². The number of nitrogens with zero attached hydrogens (tertiary/aromatic N) is 2. The highest BCUT2D eigenvalue weighted by Crippen LogP contribution is 2.36. The Hall–Kier alpha value is -3.34. The number of esters is 1. The van der Waals surface area contributed by atoms with Gasteiger partial charge in [-0.3, -0.25) is 19.2 Å². The minimum absolute atomic E-state index is 0.0405. The van der Waals surface area contributed by atoms with Gasteiger partial charge in [-0.05, 0) is 43.7 Å². The Kier molecular flexibility index (Phi) is 7.22. The largest absolute Gasteiger partial charge is 0.496 e. The number of benzene rings is 2. The predicted octanol–water partition coefficient (Wildman–Crippen LogP) is 2.68. The smallest absolute Gasteiger partial charge is 0.326 e. The van der Waals surface area contributed by atoms with Crippen LogP contribution in [-0.4, -0.2) is 46.7 Å². The van der Waals surface area contributed by atoms with Gasteiger partial charge in [0.25, 0.3) is 15.7 Å². The Bertz CT molecular complexity index is 1050. The molecule has 2 aromatic rings. The predicted molar refractivity (Wildman–Crippen MR) is 109 cm³/mol. The van der Waals surface area contributed by atoms with Crippen molar-refractivity contribution in [2.75, 3.05) is 31.7 Å². The van der Waals surface area contributed by atoms with Gasteiger partial charge in [-0.2, -0.15) is 0 Å². The molecule has 0 aromatic heterocycles. The maximum atomic E-state index is 13.4. The third-order valence-corrected chi connectivity index (χ3v) is 5.93. The van der Waals surface area contributed by atoms with E-state index in [-0.39, 0.29) is 28.6 Å². The van der Waals surface area contributed by atoms with Crippen LogP contribution in [0, 0.1) is 17.0 Å². The molecule has 2 aromatic carbocycles. The normalized spacial score (nSPS) is 10.9. The van der Waals surface area contributed by atoms with Gasteiger partial charge in [0.1, 0.15) is 23.7 Å². The molecule has 0 heterocycles. The van der Waals surface area contributed by atoms with Crippen LogP contribution in [0.4, 0.5) is 11.4 Å². The molecule has 0 aliphatic carbocycles. The van der Waals surface area contributed by atoms with Gasteiger partial charge in [0, 0.05) is 12.1 Å². The summed E-state index contributed by atoms with van der Waals surface area (Å²) < 4.78 is 42.8. The summed E-state index contributed by atoms with van der Waals surface area (Å²) in [5, 5.41) is 11.2. The first kappa shape index (κ1) is 22.9. The molecule has 0 saturated carbocycles. The molecule has 0 atom stereocenters. The molecular weight excluding hydrogens is 416 g/mol. The lowest BCUT2D eigenvalue weighted by atomic mass is 10.2. The molecule has 11 heteroatoms. The van der Waals surface area contributed by atoms with Crippen molar-refractivity contribution in [3.8, 4) is 11.5 Å². The van der Waals surface area contributed by atoms with Crippen LogP contribution in [0.2, 0.25) is 0 Å². The van der Waals surface area contributed by atoms with Gasteiger partial charge in [0.15, 0.2) is 0 Å². The van der Waals surface area contributed by atoms with Crippen molar-refractivity contribution in [2.24, 2.45) is 0 Å². The Balaban J connectivity index is 2.69. The summed E-state index contributed by atoms with van der Waals surface area (Å²) >= 11 is 0. The summed E-state index contributed by atoms with van der Waals surface area (Å²) in [6.45, 7) is 2.60. The van der Waals surface area contributed by atoms with Gasteiger partial charge in [0.05, 0.1) is 30.6 Å². The first-order valence-corrected chi connectivity index (χ1v) is 10.2. The van der Waals surface area contributed by atoms with Crippen molar-refractivity contribution in [2.45, 2.75) is 18.7 Å². The number of nitro benzene ring substituents is 1. The first-order valence-electron chi connectivity index (χ1n) is 8.81. The molecule has 0 amide bonds. The number of carbonyl (C=O) groups is 1. The number of hydrogen-bond acceptors (Lipinski definition) is 8. The Labute approximate surface area is 174 Å². The average molecular weight is 438 g/mol. The maximum Gasteiger partial charge on any atom is 0.326 e. The molecule has 0 fully saturated rings. The molecule has 0 N–H and O–H groups in total. The molecular formula is C19H22N2O8S. The molecule has 0 spiro atoms. The molecule has 0 radical (unpaired) electrons. The number of anilines is 1. The lowest BCUT2D eigenvalue weighted by molar-refractivity contribution is -0.384. The second kappa shape index (κ2) is 9.44. The second-order valence-corrected chi connectivity index (χ2v) is 7.92. The molecule has 0 aliphatic heterocycles. The molecule has 10 nitrogen and oxygen atoms in total. The van der Waals surface area contributed by atoms with Crippen molar-refractivity contribution in [3.63, 3.8) is 0 Å². The zero-order valence-electron chi connectivity index (χ0n) is 16.9. The van der Waals surface area contributed by atoms with E-state index >= 15 is 0 Å². The quantitative estimate of drug-likeness (QED) is 0.332. The molecule has 2 rings (SSSR count). The number of carbonyl (C=O) groups excluding carboxylic acids is 1. The van der Waals surface area contributed by atoms with Crippen molar-refractivity contribution in [1.29, 1.82) is 0 Å². The Morgan fingerprint density at radius 1 is 1.10 bits per heavy atom. The minimum Gasteiger partial charge on any atom is -0.496 e. The highest BCUT2D eigenvalue weighted by atomic mass is 32.2. The van der Waals surface area contributed by atoms with Crippen LogP contribution < -0.4 is 13.8 Å². The number of nitro groups is 1. The number of methoxy groups -OCH3 is 2. The number of ether oxygens (including phenoxy) is 3. The average Bonchev–Trinajstić information content (AvgIpc) is 2.71. The lowest BCUT2D eigenvalue weighted by Gasteiger charge is -2.25. The lowest BCUT2D eigenvalue weighted by Crippen LogP contribution is -2.37. The van der Waals surface area contributed by atoms with Gasteiger partial charge in [-0.1, -0.05) is 0 Å². The zero-order chi connectivity index (χ0) is 22.5. The van der Waals surface area contributed by atoms with E-state index in [1.807, 2.05) is 0 Å². The number of aryl methyl sites for hydroxylation is 1. The van der Waals surface area contributed by atoms with Crippen LogP contribution >= 0.6 is 0 Å². The van der Waals surface area contributed by atoms with E-state index in [4.69, 9.17) is 14.2 Å². The van der Waals surface area contributed by atoms with E-state index in [0.29, 0.717) is 11.3 Å². The highest BCUT2D eigenvalue weighted by molar-refractivity contribution is 7.92. The molecule has 0 bridgehead atoms. The fraction of sp³-hybridized carbons (Fsp3) is 0.316. The van der Waals surface area contributed by atoms with E-state index in [1.165, 1.54) is 44.6 Å².